The smallest absolute Gasteiger partial charge is 0.265 e. The van der Waals surface area contributed by atoms with Crippen LogP contribution in [0.15, 0.2) is 76.6 Å². The van der Waals surface area contributed by atoms with Crippen molar-refractivity contribution in [2.24, 2.45) is 0 Å². The predicted molar refractivity (Wildman–Crippen MR) is 150 cm³/mol. The molecule has 0 unspecified atom stereocenters. The lowest BCUT2D eigenvalue weighted by Gasteiger charge is -2.39. The maximum atomic E-state index is 12.8. The molecule has 2 aromatic heterocycles. The Hall–Kier alpha value is -3.46. The summed E-state index contributed by atoms with van der Waals surface area (Å²) >= 11 is 1.42. The Morgan fingerprint density at radius 2 is 1.62 bits per heavy atom. The third-order valence-electron chi connectivity index (χ3n) is 6.82. The molecule has 0 bridgehead atoms. The molecule has 8 heteroatoms. The first-order valence-electron chi connectivity index (χ1n) is 12.5. The molecule has 2 N–H and O–H groups in total. The van der Waals surface area contributed by atoms with Crippen molar-refractivity contribution in [1.82, 2.24) is 30.0 Å². The maximum Gasteiger partial charge on any atom is 0.265 e. The van der Waals surface area contributed by atoms with Gasteiger partial charge in [-0.2, -0.15) is 5.10 Å². The summed E-state index contributed by atoms with van der Waals surface area (Å²) in [4.78, 5) is 26.2. The second-order valence-corrected chi connectivity index (χ2v) is 10.1. The number of benzene rings is 2. The third kappa shape index (κ3) is 5.93. The number of piperazine rings is 1. The quantitative estimate of drug-likeness (QED) is 0.336. The Morgan fingerprint density at radius 3 is 2.19 bits per heavy atom. The molecule has 1 fully saturated rings. The van der Waals surface area contributed by atoms with E-state index >= 15 is 0 Å². The van der Waals surface area contributed by atoms with Crippen molar-refractivity contribution in [2.45, 2.75) is 24.4 Å². The highest BCUT2D eigenvalue weighted by molar-refractivity contribution is 7.98. The Morgan fingerprint density at radius 1 is 0.973 bits per heavy atom. The fraction of sp³-hybridized carbons (Fsp3) is 0.276. The lowest BCUT2D eigenvalue weighted by molar-refractivity contribution is 0.103. The van der Waals surface area contributed by atoms with Crippen molar-refractivity contribution in [3.8, 4) is 0 Å². The molecule has 0 saturated carbocycles. The maximum absolute atomic E-state index is 12.8. The summed E-state index contributed by atoms with van der Waals surface area (Å²) in [7, 11) is 0. The molecule has 0 atom stereocenters. The summed E-state index contributed by atoms with van der Waals surface area (Å²) in [6.45, 7) is 6.28. The van der Waals surface area contributed by atoms with Crippen molar-refractivity contribution in [1.29, 1.82) is 0 Å². The predicted octanol–water partition coefficient (Wildman–Crippen LogP) is 4.60. The largest absolute Gasteiger partial charge is 0.308 e. The SMILES string of the molecule is CSc1c(/C=C/c2cn[nH]c2C)nc(CN2CCN(C(c3ccccc3)c3ccccc3)CC2)[nH]c1=O. The molecule has 7 nitrogen and oxygen atoms in total. The van der Waals surface area contributed by atoms with Gasteiger partial charge in [0.2, 0.25) is 0 Å². The van der Waals surface area contributed by atoms with Crippen LogP contribution in [0.4, 0.5) is 0 Å². The fourth-order valence-electron chi connectivity index (χ4n) is 4.89. The van der Waals surface area contributed by atoms with Crippen molar-refractivity contribution in [2.75, 3.05) is 32.4 Å². The number of nitrogens with one attached hydrogen (secondary N) is 2. The lowest BCUT2D eigenvalue weighted by atomic mass is 9.96. The van der Waals surface area contributed by atoms with Gasteiger partial charge in [-0.15, -0.1) is 11.8 Å². The molecule has 0 spiro atoms. The van der Waals surface area contributed by atoms with Crippen molar-refractivity contribution in [3.63, 3.8) is 0 Å². The van der Waals surface area contributed by atoms with Crippen LogP contribution in [0.3, 0.4) is 0 Å². The van der Waals surface area contributed by atoms with Crippen LogP contribution in [-0.2, 0) is 6.54 Å². The lowest BCUT2D eigenvalue weighted by Crippen LogP contribution is -2.47. The summed E-state index contributed by atoms with van der Waals surface area (Å²) in [5.74, 6) is 0.697. The Kier molecular flexibility index (Phi) is 7.99. The summed E-state index contributed by atoms with van der Waals surface area (Å²) < 4.78 is 0. The average molecular weight is 513 g/mol. The molecule has 2 aromatic carbocycles. The van der Waals surface area contributed by atoms with Gasteiger partial charge in [-0.3, -0.25) is 19.7 Å². The van der Waals surface area contributed by atoms with Gasteiger partial charge in [-0.25, -0.2) is 4.98 Å². The van der Waals surface area contributed by atoms with E-state index in [0.717, 1.165) is 37.4 Å². The van der Waals surface area contributed by atoms with Crippen LogP contribution >= 0.6 is 11.8 Å². The van der Waals surface area contributed by atoms with Crippen LogP contribution in [0.2, 0.25) is 0 Å². The minimum atomic E-state index is -0.0899. The number of aryl methyl sites for hydroxylation is 1. The van der Waals surface area contributed by atoms with Crippen molar-refractivity contribution >= 4 is 23.9 Å². The molecular weight excluding hydrogens is 480 g/mol. The Bertz CT molecular complexity index is 1350. The molecule has 5 rings (SSSR count). The van der Waals surface area contributed by atoms with E-state index in [0.29, 0.717) is 23.0 Å². The number of H-pyrrole nitrogens is 2. The van der Waals surface area contributed by atoms with Crippen LogP contribution in [0, 0.1) is 6.92 Å². The van der Waals surface area contributed by atoms with Crippen LogP contribution in [0.25, 0.3) is 12.2 Å². The highest BCUT2D eigenvalue weighted by Gasteiger charge is 2.26. The summed E-state index contributed by atoms with van der Waals surface area (Å²) in [5.41, 5.74) is 5.19. The zero-order valence-corrected chi connectivity index (χ0v) is 22.0. The average Bonchev–Trinajstić information content (AvgIpc) is 3.34. The highest BCUT2D eigenvalue weighted by Crippen LogP contribution is 2.29. The van der Waals surface area contributed by atoms with E-state index in [4.69, 9.17) is 4.98 Å². The molecule has 0 amide bonds. The van der Waals surface area contributed by atoms with Gasteiger partial charge in [0.15, 0.2) is 0 Å². The molecular formula is C29H32N6OS. The molecule has 1 aliphatic rings. The molecule has 3 heterocycles. The van der Waals surface area contributed by atoms with Gasteiger partial charge in [0.25, 0.3) is 5.56 Å². The fourth-order valence-corrected chi connectivity index (χ4v) is 5.45. The van der Waals surface area contributed by atoms with Gasteiger partial charge in [0, 0.05) is 37.4 Å². The molecule has 4 aromatic rings. The molecule has 0 radical (unpaired) electrons. The Labute approximate surface area is 221 Å². The van der Waals surface area contributed by atoms with E-state index in [1.54, 1.807) is 6.20 Å². The monoisotopic (exact) mass is 512 g/mol. The van der Waals surface area contributed by atoms with Gasteiger partial charge in [-0.1, -0.05) is 60.7 Å². The third-order valence-corrected chi connectivity index (χ3v) is 7.62. The highest BCUT2D eigenvalue weighted by atomic mass is 32.2. The van der Waals surface area contributed by atoms with E-state index in [-0.39, 0.29) is 11.6 Å². The first kappa shape index (κ1) is 25.2. The van der Waals surface area contributed by atoms with Gasteiger partial charge in [-0.05, 0) is 36.5 Å². The number of hydrogen-bond acceptors (Lipinski definition) is 6. The van der Waals surface area contributed by atoms with E-state index in [1.807, 2.05) is 25.3 Å². The van der Waals surface area contributed by atoms with Crippen molar-refractivity contribution in [3.05, 3.63) is 111 Å². The number of rotatable bonds is 8. The molecule has 0 aliphatic carbocycles. The van der Waals surface area contributed by atoms with E-state index in [1.165, 1.54) is 22.9 Å². The number of aromatic nitrogens is 4. The molecule has 1 aliphatic heterocycles. The summed E-state index contributed by atoms with van der Waals surface area (Å²) in [6, 6.07) is 21.7. The topological polar surface area (TPSA) is 80.9 Å². The minimum absolute atomic E-state index is 0.0899. The number of aromatic amines is 2. The number of hydrogen-bond donors (Lipinski definition) is 2. The summed E-state index contributed by atoms with van der Waals surface area (Å²) in [5, 5.41) is 7.00. The van der Waals surface area contributed by atoms with Gasteiger partial charge >= 0.3 is 0 Å². The Balaban J connectivity index is 1.30. The van der Waals surface area contributed by atoms with E-state index in [9.17, 15) is 4.79 Å². The van der Waals surface area contributed by atoms with Gasteiger partial charge in [0.1, 0.15) is 5.82 Å². The second kappa shape index (κ2) is 11.7. The van der Waals surface area contributed by atoms with Crippen LogP contribution in [0.5, 0.6) is 0 Å². The number of nitrogens with zero attached hydrogens (tertiary/aromatic N) is 4. The molecule has 190 valence electrons. The summed E-state index contributed by atoms with van der Waals surface area (Å²) in [6.07, 6.45) is 7.54. The first-order chi connectivity index (χ1) is 18.1. The van der Waals surface area contributed by atoms with E-state index in [2.05, 4.69) is 85.6 Å². The number of thioether (sulfide) groups is 1. The molecule has 37 heavy (non-hydrogen) atoms. The second-order valence-electron chi connectivity index (χ2n) is 9.25. The first-order valence-corrected chi connectivity index (χ1v) is 13.8. The van der Waals surface area contributed by atoms with E-state index < -0.39 is 0 Å². The van der Waals surface area contributed by atoms with Gasteiger partial charge < -0.3 is 4.98 Å². The normalized spacial score (nSPS) is 15.1. The van der Waals surface area contributed by atoms with Crippen LogP contribution < -0.4 is 5.56 Å². The van der Waals surface area contributed by atoms with Crippen LogP contribution in [-0.4, -0.2) is 62.4 Å². The zero-order valence-electron chi connectivity index (χ0n) is 21.2. The van der Waals surface area contributed by atoms with Crippen molar-refractivity contribution < 1.29 is 0 Å². The zero-order chi connectivity index (χ0) is 25.6. The minimum Gasteiger partial charge on any atom is -0.308 e. The van der Waals surface area contributed by atoms with Crippen LogP contribution in [0.1, 0.15) is 39.9 Å². The van der Waals surface area contributed by atoms with Gasteiger partial charge in [0.05, 0.1) is 29.4 Å². The molecule has 1 saturated heterocycles. The standard InChI is InChI=1S/C29H32N6OS/c1-21-24(19-30-33-21)13-14-25-28(37-2)29(36)32-26(31-25)20-34-15-17-35(18-16-34)27(22-9-5-3-6-10-22)23-11-7-4-8-12-23/h3-14,19,27H,15-18,20H2,1-2H3,(H,30,33)(H,31,32,36)/b14-13+.